The summed E-state index contributed by atoms with van der Waals surface area (Å²) in [6.45, 7) is 9.97. The van der Waals surface area contributed by atoms with E-state index in [4.69, 9.17) is 4.98 Å². The van der Waals surface area contributed by atoms with Crippen LogP contribution in [0, 0.1) is 6.92 Å². The molecule has 0 N–H and O–H groups in total. The second kappa shape index (κ2) is 7.17. The van der Waals surface area contributed by atoms with Crippen LogP contribution in [-0.4, -0.2) is 64.7 Å². The van der Waals surface area contributed by atoms with E-state index in [1.54, 1.807) is 0 Å². The number of rotatable bonds is 5. The average Bonchev–Trinajstić information content (AvgIpc) is 3.02. The number of aryl methyl sites for hydroxylation is 2. The van der Waals surface area contributed by atoms with Gasteiger partial charge in [-0.15, -0.1) is 0 Å². The largest absolute Gasteiger partial charge is 0.363 e. The van der Waals surface area contributed by atoms with Gasteiger partial charge in [-0.3, -0.25) is 4.90 Å². The minimum Gasteiger partial charge on any atom is -0.363 e. The van der Waals surface area contributed by atoms with E-state index in [1.165, 1.54) is 0 Å². The van der Waals surface area contributed by atoms with Gasteiger partial charge in [-0.05, 0) is 13.8 Å². The molecule has 1 fully saturated rings. The van der Waals surface area contributed by atoms with Crippen molar-refractivity contribution in [3.8, 4) is 0 Å². The van der Waals surface area contributed by atoms with Crippen LogP contribution in [0.2, 0.25) is 0 Å². The van der Waals surface area contributed by atoms with Gasteiger partial charge in [0.2, 0.25) is 5.95 Å². The second-order valence-electron chi connectivity index (χ2n) is 6.45. The monoisotopic (exact) mass is 329 g/mol. The minimum atomic E-state index is 0.841. The Hall–Kier alpha value is -2.15. The number of piperazine rings is 1. The molecule has 1 saturated heterocycles. The van der Waals surface area contributed by atoms with E-state index in [0.717, 1.165) is 62.6 Å². The zero-order chi connectivity index (χ0) is 17.1. The van der Waals surface area contributed by atoms with Crippen molar-refractivity contribution >= 4 is 11.8 Å². The average molecular weight is 329 g/mol. The number of nitrogens with zero attached hydrogens (tertiary/aromatic N) is 7. The highest BCUT2D eigenvalue weighted by Gasteiger charge is 2.21. The van der Waals surface area contributed by atoms with Crippen LogP contribution < -0.4 is 9.80 Å². The van der Waals surface area contributed by atoms with Gasteiger partial charge in [0.15, 0.2) is 0 Å². The number of aromatic nitrogens is 4. The first kappa shape index (κ1) is 16.7. The van der Waals surface area contributed by atoms with Crippen molar-refractivity contribution in [3.05, 3.63) is 30.0 Å². The normalized spacial score (nSPS) is 15.8. The topological polar surface area (TPSA) is 53.3 Å². The molecule has 0 atom stereocenters. The highest BCUT2D eigenvalue weighted by Crippen LogP contribution is 2.17. The predicted molar refractivity (Wildman–Crippen MR) is 96.5 cm³/mol. The molecule has 3 heterocycles. The molecule has 2 aromatic rings. The lowest BCUT2D eigenvalue weighted by molar-refractivity contribution is 0.240. The van der Waals surface area contributed by atoms with Crippen molar-refractivity contribution in [1.29, 1.82) is 0 Å². The van der Waals surface area contributed by atoms with Gasteiger partial charge in [-0.25, -0.2) is 9.97 Å². The molecule has 7 heteroatoms. The van der Waals surface area contributed by atoms with Crippen LogP contribution >= 0.6 is 0 Å². The van der Waals surface area contributed by atoms with E-state index >= 15 is 0 Å². The first-order valence-corrected chi connectivity index (χ1v) is 8.57. The molecule has 1 aliphatic heterocycles. The molecule has 24 heavy (non-hydrogen) atoms. The zero-order valence-electron chi connectivity index (χ0n) is 15.1. The Morgan fingerprint density at radius 1 is 1.12 bits per heavy atom. The van der Waals surface area contributed by atoms with Crippen LogP contribution in [0.25, 0.3) is 0 Å². The van der Waals surface area contributed by atoms with Crippen LogP contribution in [-0.2, 0) is 13.1 Å². The molecule has 1 aliphatic rings. The summed E-state index contributed by atoms with van der Waals surface area (Å²) in [5.74, 6) is 2.95. The number of hydrogen-bond acceptors (Lipinski definition) is 6. The smallest absolute Gasteiger partial charge is 0.227 e. The Morgan fingerprint density at radius 3 is 2.54 bits per heavy atom. The standard InChI is InChI=1S/C17H27N7/c1-5-23-7-6-18-16(23)13-22-8-10-24(11-9-22)17-19-14(2)12-15(20-17)21(3)4/h6-7,12H,5,8-11,13H2,1-4H3. The third kappa shape index (κ3) is 3.67. The lowest BCUT2D eigenvalue weighted by atomic mass is 10.3. The maximum absolute atomic E-state index is 4.69. The number of imidazole rings is 1. The van der Waals surface area contributed by atoms with Crippen LogP contribution in [0.4, 0.5) is 11.8 Å². The summed E-state index contributed by atoms with van der Waals surface area (Å²) in [6.07, 6.45) is 3.94. The van der Waals surface area contributed by atoms with Crippen LogP contribution in [0.15, 0.2) is 18.5 Å². The lowest BCUT2D eigenvalue weighted by Crippen LogP contribution is -2.47. The molecule has 3 rings (SSSR count). The van der Waals surface area contributed by atoms with Crippen LogP contribution in [0.5, 0.6) is 0 Å². The summed E-state index contributed by atoms with van der Waals surface area (Å²) >= 11 is 0. The highest BCUT2D eigenvalue weighted by atomic mass is 15.3. The maximum Gasteiger partial charge on any atom is 0.227 e. The van der Waals surface area contributed by atoms with Gasteiger partial charge in [-0.1, -0.05) is 0 Å². The van der Waals surface area contributed by atoms with Crippen molar-refractivity contribution in [2.75, 3.05) is 50.1 Å². The molecule has 0 radical (unpaired) electrons. The molecule has 0 aromatic carbocycles. The maximum atomic E-state index is 4.69. The van der Waals surface area contributed by atoms with Gasteiger partial charge in [0, 0.05) is 71.0 Å². The minimum absolute atomic E-state index is 0.841. The van der Waals surface area contributed by atoms with Crippen LogP contribution in [0.3, 0.4) is 0 Å². The van der Waals surface area contributed by atoms with E-state index in [2.05, 4.69) is 37.5 Å². The summed E-state index contributed by atoms with van der Waals surface area (Å²) in [4.78, 5) is 20.5. The molecule has 0 aliphatic carbocycles. The van der Waals surface area contributed by atoms with Gasteiger partial charge in [0.25, 0.3) is 0 Å². The molecule has 0 unspecified atom stereocenters. The van der Waals surface area contributed by atoms with Gasteiger partial charge < -0.3 is 14.4 Å². The summed E-state index contributed by atoms with van der Waals surface area (Å²) in [6, 6.07) is 2.02. The Labute approximate surface area is 143 Å². The highest BCUT2D eigenvalue weighted by molar-refractivity contribution is 5.45. The first-order chi connectivity index (χ1) is 11.6. The molecular formula is C17H27N7. The fraction of sp³-hybridized carbons (Fsp3) is 0.588. The number of anilines is 2. The number of hydrogen-bond donors (Lipinski definition) is 0. The summed E-state index contributed by atoms with van der Waals surface area (Å²) < 4.78 is 2.21. The Morgan fingerprint density at radius 2 is 1.88 bits per heavy atom. The molecule has 0 saturated carbocycles. The third-order valence-corrected chi connectivity index (χ3v) is 4.45. The van der Waals surface area contributed by atoms with Gasteiger partial charge in [0.05, 0.1) is 6.54 Å². The summed E-state index contributed by atoms with van der Waals surface area (Å²) in [5, 5.41) is 0. The predicted octanol–water partition coefficient (Wildman–Crippen LogP) is 1.39. The van der Waals surface area contributed by atoms with Crippen molar-refractivity contribution in [3.63, 3.8) is 0 Å². The van der Waals surface area contributed by atoms with E-state index < -0.39 is 0 Å². The Bertz CT molecular complexity index is 671. The second-order valence-corrected chi connectivity index (χ2v) is 6.45. The molecule has 2 aromatic heterocycles. The third-order valence-electron chi connectivity index (χ3n) is 4.45. The van der Waals surface area contributed by atoms with Gasteiger partial charge in [-0.2, -0.15) is 4.98 Å². The quantitative estimate of drug-likeness (QED) is 0.826. The SMILES string of the molecule is CCn1ccnc1CN1CCN(c2nc(C)cc(N(C)C)n2)CC1. The van der Waals surface area contributed by atoms with E-state index in [-0.39, 0.29) is 0 Å². The Kier molecular flexibility index (Phi) is 4.99. The van der Waals surface area contributed by atoms with E-state index in [0.29, 0.717) is 0 Å². The summed E-state index contributed by atoms with van der Waals surface area (Å²) in [5.41, 5.74) is 1.01. The zero-order valence-corrected chi connectivity index (χ0v) is 15.1. The molecular weight excluding hydrogens is 302 g/mol. The van der Waals surface area contributed by atoms with Crippen molar-refractivity contribution in [1.82, 2.24) is 24.4 Å². The Balaban J connectivity index is 1.63. The molecule has 7 nitrogen and oxygen atoms in total. The van der Waals surface area contributed by atoms with Crippen molar-refractivity contribution < 1.29 is 0 Å². The first-order valence-electron chi connectivity index (χ1n) is 8.57. The molecule has 0 amide bonds. The fourth-order valence-electron chi connectivity index (χ4n) is 2.99. The van der Waals surface area contributed by atoms with Gasteiger partial charge >= 0.3 is 0 Å². The fourth-order valence-corrected chi connectivity index (χ4v) is 2.99. The van der Waals surface area contributed by atoms with Gasteiger partial charge in [0.1, 0.15) is 11.6 Å². The van der Waals surface area contributed by atoms with E-state index in [9.17, 15) is 0 Å². The lowest BCUT2D eigenvalue weighted by Gasteiger charge is -2.34. The van der Waals surface area contributed by atoms with E-state index in [1.807, 2.05) is 38.2 Å². The molecule has 130 valence electrons. The summed E-state index contributed by atoms with van der Waals surface area (Å²) in [7, 11) is 4.03. The van der Waals surface area contributed by atoms with Crippen LogP contribution in [0.1, 0.15) is 18.4 Å². The van der Waals surface area contributed by atoms with Crippen molar-refractivity contribution in [2.24, 2.45) is 0 Å². The molecule has 0 spiro atoms. The van der Waals surface area contributed by atoms with Crippen molar-refractivity contribution in [2.45, 2.75) is 26.9 Å². The molecule has 0 bridgehead atoms.